The fourth-order valence-corrected chi connectivity index (χ4v) is 3.39. The minimum atomic E-state index is 0.0167. The molecule has 1 amide bonds. The first-order chi connectivity index (χ1) is 13.6. The van der Waals surface area contributed by atoms with Crippen LogP contribution in [0.3, 0.4) is 0 Å². The van der Waals surface area contributed by atoms with Gasteiger partial charge in [0.05, 0.1) is 6.10 Å². The van der Waals surface area contributed by atoms with E-state index in [1.54, 1.807) is 6.20 Å². The van der Waals surface area contributed by atoms with Crippen LogP contribution in [0.25, 0.3) is 11.1 Å². The first-order valence-electron chi connectivity index (χ1n) is 9.69. The topological polar surface area (TPSA) is 51.2 Å². The maximum Gasteiger partial charge on any atom is 0.228 e. The SMILES string of the molecule is CC(C)Oc1ccc(-c2ccc(NC(=O)C3CC3c3ccccn3)cc2)cc1. The van der Waals surface area contributed by atoms with E-state index in [0.717, 1.165) is 34.7 Å². The Hall–Kier alpha value is -3.14. The molecule has 3 aromatic rings. The summed E-state index contributed by atoms with van der Waals surface area (Å²) in [5.74, 6) is 1.20. The fourth-order valence-electron chi connectivity index (χ4n) is 3.39. The average molecular weight is 372 g/mol. The summed E-state index contributed by atoms with van der Waals surface area (Å²) in [5.41, 5.74) is 4.04. The molecule has 4 rings (SSSR count). The standard InChI is InChI=1S/C24H24N2O2/c1-16(2)28-20-12-8-18(9-13-20)17-6-10-19(11-7-17)26-24(27)22-15-21(22)23-5-3-4-14-25-23/h3-14,16,21-22H,15H2,1-2H3,(H,26,27). The Labute approximate surface area is 165 Å². The largest absolute Gasteiger partial charge is 0.491 e. The molecule has 0 saturated heterocycles. The summed E-state index contributed by atoms with van der Waals surface area (Å²) in [6.45, 7) is 4.03. The molecular formula is C24H24N2O2. The lowest BCUT2D eigenvalue weighted by molar-refractivity contribution is -0.117. The summed E-state index contributed by atoms with van der Waals surface area (Å²) < 4.78 is 5.68. The fraction of sp³-hybridized carbons (Fsp3) is 0.250. The van der Waals surface area contributed by atoms with Crippen molar-refractivity contribution in [3.63, 3.8) is 0 Å². The Morgan fingerprint density at radius 2 is 1.68 bits per heavy atom. The van der Waals surface area contributed by atoms with Gasteiger partial charge in [0.1, 0.15) is 5.75 Å². The average Bonchev–Trinajstić information content (AvgIpc) is 3.51. The molecule has 1 fully saturated rings. The lowest BCUT2D eigenvalue weighted by Gasteiger charge is -2.10. The van der Waals surface area contributed by atoms with E-state index >= 15 is 0 Å². The third-order valence-electron chi connectivity index (χ3n) is 4.91. The highest BCUT2D eigenvalue weighted by Crippen LogP contribution is 2.47. The number of carbonyl (C=O) groups is 1. The number of ether oxygens (including phenoxy) is 1. The number of anilines is 1. The zero-order valence-electron chi connectivity index (χ0n) is 16.1. The van der Waals surface area contributed by atoms with Crippen LogP contribution in [0.2, 0.25) is 0 Å². The first kappa shape index (κ1) is 18.2. The number of benzene rings is 2. The molecule has 2 aromatic carbocycles. The molecule has 1 aliphatic rings. The quantitative estimate of drug-likeness (QED) is 0.641. The van der Waals surface area contributed by atoms with Gasteiger partial charge < -0.3 is 10.1 Å². The van der Waals surface area contributed by atoms with Crippen molar-refractivity contribution in [2.24, 2.45) is 5.92 Å². The van der Waals surface area contributed by atoms with Gasteiger partial charge in [0.15, 0.2) is 0 Å². The van der Waals surface area contributed by atoms with E-state index in [1.165, 1.54) is 0 Å². The van der Waals surface area contributed by atoms with Crippen LogP contribution in [0.4, 0.5) is 5.69 Å². The van der Waals surface area contributed by atoms with Crippen molar-refractivity contribution in [2.45, 2.75) is 32.3 Å². The lowest BCUT2D eigenvalue weighted by Crippen LogP contribution is -2.14. The van der Waals surface area contributed by atoms with Gasteiger partial charge in [-0.3, -0.25) is 9.78 Å². The van der Waals surface area contributed by atoms with Gasteiger partial charge in [-0.15, -0.1) is 0 Å². The predicted octanol–water partition coefficient (Wildman–Crippen LogP) is 5.28. The Balaban J connectivity index is 1.37. The van der Waals surface area contributed by atoms with Gasteiger partial charge in [0, 0.05) is 29.4 Å². The number of rotatable bonds is 6. The summed E-state index contributed by atoms with van der Waals surface area (Å²) in [7, 11) is 0. The Kier molecular flexibility index (Phi) is 5.11. The number of pyridine rings is 1. The summed E-state index contributed by atoms with van der Waals surface area (Å²) in [6, 6.07) is 21.9. The molecule has 4 heteroatoms. The van der Waals surface area contributed by atoms with E-state index < -0.39 is 0 Å². The van der Waals surface area contributed by atoms with Crippen molar-refractivity contribution in [3.8, 4) is 16.9 Å². The van der Waals surface area contributed by atoms with Gasteiger partial charge in [0.25, 0.3) is 0 Å². The summed E-state index contributed by atoms with van der Waals surface area (Å²) >= 11 is 0. The first-order valence-corrected chi connectivity index (χ1v) is 9.69. The third-order valence-corrected chi connectivity index (χ3v) is 4.91. The predicted molar refractivity (Wildman–Crippen MR) is 111 cm³/mol. The number of nitrogens with zero attached hydrogens (tertiary/aromatic N) is 1. The monoisotopic (exact) mass is 372 g/mol. The molecule has 2 unspecified atom stereocenters. The summed E-state index contributed by atoms with van der Waals surface area (Å²) in [5, 5.41) is 3.03. The zero-order valence-corrected chi connectivity index (χ0v) is 16.1. The molecule has 0 spiro atoms. The van der Waals surface area contributed by atoms with Crippen LogP contribution >= 0.6 is 0 Å². The second-order valence-electron chi connectivity index (χ2n) is 7.46. The van der Waals surface area contributed by atoms with Crippen LogP contribution in [-0.2, 0) is 4.79 Å². The number of aromatic nitrogens is 1. The van der Waals surface area contributed by atoms with Crippen molar-refractivity contribution in [1.82, 2.24) is 4.98 Å². The van der Waals surface area contributed by atoms with Crippen LogP contribution < -0.4 is 10.1 Å². The van der Waals surface area contributed by atoms with Gasteiger partial charge in [0.2, 0.25) is 5.91 Å². The molecule has 4 nitrogen and oxygen atoms in total. The van der Waals surface area contributed by atoms with Crippen LogP contribution in [0.5, 0.6) is 5.75 Å². The molecule has 1 saturated carbocycles. The van der Waals surface area contributed by atoms with Crippen LogP contribution in [-0.4, -0.2) is 17.0 Å². The van der Waals surface area contributed by atoms with E-state index in [9.17, 15) is 4.79 Å². The van der Waals surface area contributed by atoms with Crippen LogP contribution in [0.15, 0.2) is 72.9 Å². The van der Waals surface area contributed by atoms with E-state index in [4.69, 9.17) is 4.74 Å². The second-order valence-corrected chi connectivity index (χ2v) is 7.46. The molecule has 1 aliphatic carbocycles. The van der Waals surface area contributed by atoms with Crippen molar-refractivity contribution in [1.29, 1.82) is 0 Å². The summed E-state index contributed by atoms with van der Waals surface area (Å²) in [6.07, 6.45) is 2.81. The van der Waals surface area contributed by atoms with Crippen molar-refractivity contribution in [2.75, 3.05) is 5.32 Å². The molecule has 1 heterocycles. The maximum absolute atomic E-state index is 12.5. The minimum Gasteiger partial charge on any atom is -0.491 e. The van der Waals surface area contributed by atoms with Crippen molar-refractivity contribution < 1.29 is 9.53 Å². The normalized spacial score (nSPS) is 18.0. The maximum atomic E-state index is 12.5. The molecule has 1 N–H and O–H groups in total. The molecule has 1 aromatic heterocycles. The number of hydrogen-bond donors (Lipinski definition) is 1. The number of hydrogen-bond acceptors (Lipinski definition) is 3. The smallest absolute Gasteiger partial charge is 0.228 e. The molecule has 0 radical (unpaired) electrons. The Bertz CT molecular complexity index is 935. The highest BCUT2D eigenvalue weighted by atomic mass is 16.5. The molecule has 142 valence electrons. The van der Waals surface area contributed by atoms with E-state index in [1.807, 2.05) is 80.6 Å². The van der Waals surface area contributed by atoms with Crippen LogP contribution in [0.1, 0.15) is 31.9 Å². The molecule has 2 atom stereocenters. The van der Waals surface area contributed by atoms with Gasteiger partial charge in [-0.25, -0.2) is 0 Å². The van der Waals surface area contributed by atoms with E-state index in [-0.39, 0.29) is 23.8 Å². The second kappa shape index (κ2) is 7.85. The lowest BCUT2D eigenvalue weighted by atomic mass is 10.1. The van der Waals surface area contributed by atoms with Gasteiger partial charge in [-0.2, -0.15) is 0 Å². The van der Waals surface area contributed by atoms with Crippen molar-refractivity contribution in [3.05, 3.63) is 78.6 Å². The Morgan fingerprint density at radius 3 is 2.29 bits per heavy atom. The number of nitrogens with one attached hydrogen (secondary N) is 1. The van der Waals surface area contributed by atoms with E-state index in [2.05, 4.69) is 10.3 Å². The molecular weight excluding hydrogens is 348 g/mol. The summed E-state index contributed by atoms with van der Waals surface area (Å²) in [4.78, 5) is 16.8. The number of carbonyl (C=O) groups excluding carboxylic acids is 1. The van der Waals surface area contributed by atoms with Gasteiger partial charge in [-0.1, -0.05) is 30.3 Å². The van der Waals surface area contributed by atoms with Gasteiger partial charge >= 0.3 is 0 Å². The molecule has 0 bridgehead atoms. The number of amides is 1. The van der Waals surface area contributed by atoms with E-state index in [0.29, 0.717) is 0 Å². The van der Waals surface area contributed by atoms with Crippen LogP contribution in [0, 0.1) is 5.92 Å². The van der Waals surface area contributed by atoms with Crippen molar-refractivity contribution >= 4 is 11.6 Å². The highest BCUT2D eigenvalue weighted by Gasteiger charge is 2.44. The van der Waals surface area contributed by atoms with Gasteiger partial charge in [-0.05, 0) is 67.8 Å². The zero-order chi connectivity index (χ0) is 19.5. The minimum absolute atomic E-state index is 0.0167. The highest BCUT2D eigenvalue weighted by molar-refractivity contribution is 5.95. The molecule has 28 heavy (non-hydrogen) atoms. The third kappa shape index (κ3) is 4.22. The Morgan fingerprint density at radius 1 is 1.00 bits per heavy atom. The molecule has 0 aliphatic heterocycles.